The van der Waals surface area contributed by atoms with Crippen LogP contribution >= 0.6 is 0 Å². The number of hydrogen-bond donors (Lipinski definition) is 2. The standard InChI is InChI=1S/C19H30N2O2/c1-3-23-18-13-11-17(12-14-18)21-19(22)15(2)20-16-9-7-5-4-6-8-10-16/h11-16,20H,3-10H2,1-2H3,(H,21,22)/p+1/t15-/m0/s1. The van der Waals surface area contributed by atoms with E-state index < -0.39 is 0 Å². The first-order valence-corrected chi connectivity index (χ1v) is 9.07. The minimum atomic E-state index is -0.0500. The second kappa shape index (κ2) is 9.56. The summed E-state index contributed by atoms with van der Waals surface area (Å²) in [5, 5.41) is 5.26. The van der Waals surface area contributed by atoms with Crippen molar-refractivity contribution in [1.29, 1.82) is 0 Å². The number of anilines is 1. The Morgan fingerprint density at radius 2 is 1.78 bits per heavy atom. The second-order valence-electron chi connectivity index (χ2n) is 6.53. The number of quaternary nitrogens is 1. The van der Waals surface area contributed by atoms with Crippen molar-refractivity contribution < 1.29 is 14.8 Å². The van der Waals surface area contributed by atoms with Gasteiger partial charge < -0.3 is 15.4 Å². The number of carbonyl (C=O) groups is 1. The third kappa shape index (κ3) is 6.22. The zero-order chi connectivity index (χ0) is 16.5. The van der Waals surface area contributed by atoms with Crippen molar-refractivity contribution in [3.05, 3.63) is 24.3 Å². The fraction of sp³-hybridized carbons (Fsp3) is 0.632. The molecule has 0 bridgehead atoms. The molecule has 0 radical (unpaired) electrons. The Balaban J connectivity index is 1.81. The van der Waals surface area contributed by atoms with Gasteiger partial charge in [-0.25, -0.2) is 0 Å². The quantitative estimate of drug-likeness (QED) is 0.846. The van der Waals surface area contributed by atoms with Gasteiger partial charge in [-0.15, -0.1) is 0 Å². The van der Waals surface area contributed by atoms with Crippen molar-refractivity contribution >= 4 is 11.6 Å². The average molecular weight is 319 g/mol. The zero-order valence-electron chi connectivity index (χ0n) is 14.5. The molecular weight excluding hydrogens is 288 g/mol. The van der Waals surface area contributed by atoms with Gasteiger partial charge in [-0.05, 0) is 63.8 Å². The fourth-order valence-corrected chi connectivity index (χ4v) is 3.23. The van der Waals surface area contributed by atoms with Crippen molar-refractivity contribution in [2.24, 2.45) is 0 Å². The molecule has 1 aliphatic rings. The summed E-state index contributed by atoms with van der Waals surface area (Å²) in [5.74, 6) is 0.913. The highest BCUT2D eigenvalue weighted by molar-refractivity contribution is 5.93. The Kier molecular flexibility index (Phi) is 7.40. The molecule has 1 fully saturated rings. The summed E-state index contributed by atoms with van der Waals surface area (Å²) in [5.41, 5.74) is 0.830. The lowest BCUT2D eigenvalue weighted by atomic mass is 9.96. The van der Waals surface area contributed by atoms with Crippen molar-refractivity contribution in [3.63, 3.8) is 0 Å². The largest absolute Gasteiger partial charge is 0.494 e. The van der Waals surface area contributed by atoms with Gasteiger partial charge >= 0.3 is 0 Å². The number of benzene rings is 1. The molecule has 1 saturated carbocycles. The Hall–Kier alpha value is -1.55. The van der Waals surface area contributed by atoms with E-state index in [9.17, 15) is 4.79 Å². The van der Waals surface area contributed by atoms with E-state index in [0.29, 0.717) is 12.6 Å². The van der Waals surface area contributed by atoms with Crippen LogP contribution in [0.3, 0.4) is 0 Å². The molecular formula is C19H31N2O2+. The van der Waals surface area contributed by atoms with Crippen LogP contribution in [0.25, 0.3) is 0 Å². The van der Waals surface area contributed by atoms with Gasteiger partial charge in [-0.1, -0.05) is 19.3 Å². The van der Waals surface area contributed by atoms with Crippen molar-refractivity contribution in [3.8, 4) is 5.75 Å². The molecule has 1 aromatic rings. The summed E-state index contributed by atoms with van der Waals surface area (Å²) in [6.07, 6.45) is 9.14. The molecule has 0 heterocycles. The number of rotatable bonds is 6. The smallest absolute Gasteiger partial charge is 0.282 e. The van der Waals surface area contributed by atoms with Gasteiger partial charge in [0.15, 0.2) is 6.04 Å². The van der Waals surface area contributed by atoms with Crippen LogP contribution in [-0.4, -0.2) is 24.6 Å². The molecule has 3 N–H and O–H groups in total. The Morgan fingerprint density at radius 3 is 2.39 bits per heavy atom. The topological polar surface area (TPSA) is 54.9 Å². The van der Waals surface area contributed by atoms with Gasteiger partial charge in [-0.2, -0.15) is 0 Å². The molecule has 1 amide bonds. The molecule has 0 spiro atoms. The summed E-state index contributed by atoms with van der Waals surface area (Å²) in [7, 11) is 0. The molecule has 1 aliphatic carbocycles. The third-order valence-corrected chi connectivity index (χ3v) is 4.56. The van der Waals surface area contributed by atoms with Crippen LogP contribution in [0.15, 0.2) is 24.3 Å². The van der Waals surface area contributed by atoms with E-state index in [-0.39, 0.29) is 11.9 Å². The minimum absolute atomic E-state index is 0.0500. The number of ether oxygens (including phenoxy) is 1. The molecule has 2 rings (SSSR count). The van der Waals surface area contributed by atoms with E-state index in [4.69, 9.17) is 4.74 Å². The molecule has 4 heteroatoms. The number of carbonyl (C=O) groups excluding carboxylic acids is 1. The van der Waals surface area contributed by atoms with E-state index in [1.54, 1.807) is 0 Å². The molecule has 0 saturated heterocycles. The number of amides is 1. The van der Waals surface area contributed by atoms with Gasteiger partial charge in [0.1, 0.15) is 5.75 Å². The van der Waals surface area contributed by atoms with Crippen LogP contribution in [0.4, 0.5) is 5.69 Å². The monoisotopic (exact) mass is 319 g/mol. The lowest BCUT2D eigenvalue weighted by Gasteiger charge is -2.21. The molecule has 1 aromatic carbocycles. The summed E-state index contributed by atoms with van der Waals surface area (Å²) in [6, 6.07) is 8.11. The van der Waals surface area contributed by atoms with Crippen LogP contribution in [0.5, 0.6) is 5.75 Å². The average Bonchev–Trinajstić information content (AvgIpc) is 2.52. The first kappa shape index (κ1) is 17.8. The normalized spacial score (nSPS) is 17.8. The summed E-state index contributed by atoms with van der Waals surface area (Å²) in [4.78, 5) is 12.4. The molecule has 0 aromatic heterocycles. The highest BCUT2D eigenvalue weighted by Gasteiger charge is 2.22. The van der Waals surface area contributed by atoms with Crippen molar-refractivity contribution in [1.82, 2.24) is 0 Å². The van der Waals surface area contributed by atoms with E-state index in [1.807, 2.05) is 38.1 Å². The first-order valence-electron chi connectivity index (χ1n) is 9.07. The van der Waals surface area contributed by atoms with Gasteiger partial charge in [0.05, 0.1) is 12.6 Å². The Bertz CT molecular complexity index is 465. The highest BCUT2D eigenvalue weighted by atomic mass is 16.5. The van der Waals surface area contributed by atoms with Crippen LogP contribution < -0.4 is 15.4 Å². The molecule has 0 unspecified atom stereocenters. The summed E-state index contributed by atoms with van der Waals surface area (Å²) < 4.78 is 5.42. The van der Waals surface area contributed by atoms with Gasteiger partial charge in [0, 0.05) is 5.69 Å². The maximum Gasteiger partial charge on any atom is 0.282 e. The van der Waals surface area contributed by atoms with Crippen LogP contribution in [0.2, 0.25) is 0 Å². The first-order chi connectivity index (χ1) is 11.2. The summed E-state index contributed by atoms with van der Waals surface area (Å²) >= 11 is 0. The van der Waals surface area contributed by atoms with E-state index in [0.717, 1.165) is 11.4 Å². The number of hydrogen-bond acceptors (Lipinski definition) is 2. The molecule has 1 atom stereocenters. The fourth-order valence-electron chi connectivity index (χ4n) is 3.23. The maximum absolute atomic E-state index is 12.4. The van der Waals surface area contributed by atoms with Crippen molar-refractivity contribution in [2.45, 2.75) is 70.9 Å². The Labute approximate surface area is 140 Å². The lowest BCUT2D eigenvalue weighted by Crippen LogP contribution is -2.96. The predicted octanol–water partition coefficient (Wildman–Crippen LogP) is 3.09. The minimum Gasteiger partial charge on any atom is -0.494 e. The third-order valence-electron chi connectivity index (χ3n) is 4.56. The summed E-state index contributed by atoms with van der Waals surface area (Å²) in [6.45, 7) is 4.62. The second-order valence-corrected chi connectivity index (χ2v) is 6.53. The molecule has 4 nitrogen and oxygen atoms in total. The molecule has 0 aliphatic heterocycles. The molecule has 128 valence electrons. The predicted molar refractivity (Wildman–Crippen MR) is 93.7 cm³/mol. The van der Waals surface area contributed by atoms with E-state index in [1.165, 1.54) is 44.9 Å². The van der Waals surface area contributed by atoms with E-state index >= 15 is 0 Å². The molecule has 23 heavy (non-hydrogen) atoms. The Morgan fingerprint density at radius 1 is 1.17 bits per heavy atom. The SMILES string of the molecule is CCOc1ccc(NC(=O)[C@H](C)[NH2+]C2CCCCCCC2)cc1. The zero-order valence-corrected chi connectivity index (χ0v) is 14.5. The highest BCUT2D eigenvalue weighted by Crippen LogP contribution is 2.16. The lowest BCUT2D eigenvalue weighted by molar-refractivity contribution is -0.707. The maximum atomic E-state index is 12.4. The van der Waals surface area contributed by atoms with Crippen molar-refractivity contribution in [2.75, 3.05) is 11.9 Å². The number of nitrogens with one attached hydrogen (secondary N) is 1. The number of nitrogens with two attached hydrogens (primary N) is 1. The van der Waals surface area contributed by atoms with Crippen LogP contribution in [0, 0.1) is 0 Å². The van der Waals surface area contributed by atoms with Gasteiger partial charge in [0.2, 0.25) is 0 Å². The van der Waals surface area contributed by atoms with E-state index in [2.05, 4.69) is 10.6 Å². The van der Waals surface area contributed by atoms with Gasteiger partial charge in [0.25, 0.3) is 5.91 Å². The van der Waals surface area contributed by atoms with Crippen LogP contribution in [-0.2, 0) is 4.79 Å². The van der Waals surface area contributed by atoms with Gasteiger partial charge in [-0.3, -0.25) is 4.79 Å². The van der Waals surface area contributed by atoms with Crippen LogP contribution in [0.1, 0.15) is 58.8 Å².